The standard InChI is InChI=1S/C16H14ClFO2/c1-10(2)20-13-5-3-4-11(8-13)16(19)14-7-6-12(18)9-15(14)17/h3-10H,1-2H3. The third kappa shape index (κ3) is 3.36. The number of hydrogen-bond acceptors (Lipinski definition) is 2. The summed E-state index contributed by atoms with van der Waals surface area (Å²) in [6.07, 6.45) is 0.0229. The SMILES string of the molecule is CC(C)Oc1cccc(C(=O)c2ccc(F)cc2Cl)c1. The lowest BCUT2D eigenvalue weighted by molar-refractivity contribution is 0.103. The van der Waals surface area contributed by atoms with Gasteiger partial charge in [-0.25, -0.2) is 4.39 Å². The van der Waals surface area contributed by atoms with E-state index >= 15 is 0 Å². The van der Waals surface area contributed by atoms with Crippen LogP contribution in [0.25, 0.3) is 0 Å². The van der Waals surface area contributed by atoms with Crippen LogP contribution in [-0.4, -0.2) is 11.9 Å². The lowest BCUT2D eigenvalue weighted by atomic mass is 10.0. The van der Waals surface area contributed by atoms with Gasteiger partial charge in [0.15, 0.2) is 5.78 Å². The van der Waals surface area contributed by atoms with Crippen LogP contribution in [0.4, 0.5) is 4.39 Å². The van der Waals surface area contributed by atoms with Gasteiger partial charge in [-0.2, -0.15) is 0 Å². The van der Waals surface area contributed by atoms with Crippen LogP contribution in [0.1, 0.15) is 29.8 Å². The van der Waals surface area contributed by atoms with E-state index in [-0.39, 0.29) is 22.5 Å². The Kier molecular flexibility index (Phi) is 4.40. The van der Waals surface area contributed by atoms with Gasteiger partial charge in [0.2, 0.25) is 0 Å². The van der Waals surface area contributed by atoms with Gasteiger partial charge in [0.05, 0.1) is 11.1 Å². The number of carbonyl (C=O) groups is 1. The molecule has 0 fully saturated rings. The topological polar surface area (TPSA) is 26.3 Å². The average Bonchev–Trinajstić information content (AvgIpc) is 2.37. The van der Waals surface area contributed by atoms with Crippen LogP contribution in [0, 0.1) is 5.82 Å². The molecular weight excluding hydrogens is 279 g/mol. The van der Waals surface area contributed by atoms with Gasteiger partial charge in [-0.05, 0) is 44.2 Å². The second kappa shape index (κ2) is 6.06. The number of rotatable bonds is 4. The van der Waals surface area contributed by atoms with Crippen molar-refractivity contribution in [2.75, 3.05) is 0 Å². The number of carbonyl (C=O) groups excluding carboxylic acids is 1. The van der Waals surface area contributed by atoms with Crippen LogP contribution in [0.2, 0.25) is 5.02 Å². The normalized spacial score (nSPS) is 10.7. The molecule has 4 heteroatoms. The molecule has 2 nitrogen and oxygen atoms in total. The van der Waals surface area contributed by atoms with Crippen molar-refractivity contribution < 1.29 is 13.9 Å². The van der Waals surface area contributed by atoms with Gasteiger partial charge in [0.1, 0.15) is 11.6 Å². The van der Waals surface area contributed by atoms with Gasteiger partial charge in [-0.1, -0.05) is 23.7 Å². The zero-order valence-corrected chi connectivity index (χ0v) is 11.9. The molecule has 0 saturated carbocycles. The highest BCUT2D eigenvalue weighted by Crippen LogP contribution is 2.23. The van der Waals surface area contributed by atoms with Gasteiger partial charge in [-0.15, -0.1) is 0 Å². The summed E-state index contributed by atoms with van der Waals surface area (Å²) in [5.74, 6) is -0.114. The molecule has 0 N–H and O–H groups in total. The molecular formula is C16H14ClFO2. The van der Waals surface area contributed by atoms with E-state index in [1.807, 2.05) is 13.8 Å². The third-order valence-electron chi connectivity index (χ3n) is 2.64. The molecule has 0 saturated heterocycles. The summed E-state index contributed by atoms with van der Waals surface area (Å²) < 4.78 is 18.6. The van der Waals surface area contributed by atoms with Gasteiger partial charge in [0, 0.05) is 11.1 Å². The number of hydrogen-bond donors (Lipinski definition) is 0. The van der Waals surface area contributed by atoms with Crippen molar-refractivity contribution >= 4 is 17.4 Å². The van der Waals surface area contributed by atoms with E-state index < -0.39 is 5.82 Å². The molecule has 0 amide bonds. The Morgan fingerprint density at radius 1 is 1.20 bits per heavy atom. The molecule has 0 heterocycles. The van der Waals surface area contributed by atoms with Crippen molar-refractivity contribution in [2.45, 2.75) is 20.0 Å². The van der Waals surface area contributed by atoms with Crippen LogP contribution in [-0.2, 0) is 0 Å². The average molecular weight is 293 g/mol. The highest BCUT2D eigenvalue weighted by Gasteiger charge is 2.14. The fourth-order valence-corrected chi connectivity index (χ4v) is 2.06. The van der Waals surface area contributed by atoms with Crippen LogP contribution in [0.15, 0.2) is 42.5 Å². The molecule has 0 spiro atoms. The molecule has 0 aliphatic rings. The van der Waals surface area contributed by atoms with Crippen LogP contribution in [0.5, 0.6) is 5.75 Å². The smallest absolute Gasteiger partial charge is 0.194 e. The van der Waals surface area contributed by atoms with Crippen LogP contribution in [0.3, 0.4) is 0 Å². The molecule has 0 radical (unpaired) electrons. The number of halogens is 2. The summed E-state index contributed by atoms with van der Waals surface area (Å²) >= 11 is 5.91. The second-order valence-electron chi connectivity index (χ2n) is 4.65. The number of ketones is 1. The van der Waals surface area contributed by atoms with E-state index in [2.05, 4.69) is 0 Å². The fourth-order valence-electron chi connectivity index (χ4n) is 1.81. The molecule has 2 aromatic rings. The quantitative estimate of drug-likeness (QED) is 0.776. The van der Waals surface area contributed by atoms with Crippen LogP contribution < -0.4 is 4.74 Å². The van der Waals surface area contributed by atoms with E-state index in [0.29, 0.717) is 11.3 Å². The van der Waals surface area contributed by atoms with E-state index in [9.17, 15) is 9.18 Å². The molecule has 0 aromatic heterocycles. The van der Waals surface area contributed by atoms with Crippen molar-refractivity contribution in [3.05, 3.63) is 64.4 Å². The molecule has 0 atom stereocenters. The minimum atomic E-state index is -0.469. The monoisotopic (exact) mass is 292 g/mol. The summed E-state index contributed by atoms with van der Waals surface area (Å²) in [5, 5.41) is 0.102. The first-order valence-electron chi connectivity index (χ1n) is 6.24. The fraction of sp³-hybridized carbons (Fsp3) is 0.188. The predicted molar refractivity (Wildman–Crippen MR) is 77.0 cm³/mol. The molecule has 2 aromatic carbocycles. The van der Waals surface area contributed by atoms with Gasteiger partial charge >= 0.3 is 0 Å². The Hall–Kier alpha value is -1.87. The predicted octanol–water partition coefficient (Wildman–Crippen LogP) is 4.50. The van der Waals surface area contributed by atoms with E-state index in [0.717, 1.165) is 6.07 Å². The molecule has 0 bridgehead atoms. The molecule has 2 rings (SSSR count). The maximum Gasteiger partial charge on any atom is 0.194 e. The Labute approximate surface area is 122 Å². The van der Waals surface area contributed by atoms with E-state index in [4.69, 9.17) is 16.3 Å². The van der Waals surface area contributed by atoms with Crippen molar-refractivity contribution in [1.82, 2.24) is 0 Å². The Morgan fingerprint density at radius 3 is 2.60 bits per heavy atom. The van der Waals surface area contributed by atoms with E-state index in [1.165, 1.54) is 12.1 Å². The molecule has 104 valence electrons. The first kappa shape index (κ1) is 14.5. The van der Waals surface area contributed by atoms with Crippen molar-refractivity contribution in [3.63, 3.8) is 0 Å². The summed E-state index contributed by atoms with van der Waals surface area (Å²) in [6, 6.07) is 10.6. The molecule has 0 unspecified atom stereocenters. The zero-order chi connectivity index (χ0) is 14.7. The maximum atomic E-state index is 13.0. The molecule has 20 heavy (non-hydrogen) atoms. The first-order chi connectivity index (χ1) is 9.47. The summed E-state index contributed by atoms with van der Waals surface area (Å²) in [6.45, 7) is 3.82. The lowest BCUT2D eigenvalue weighted by Crippen LogP contribution is -2.07. The largest absolute Gasteiger partial charge is 0.491 e. The highest BCUT2D eigenvalue weighted by molar-refractivity contribution is 6.35. The second-order valence-corrected chi connectivity index (χ2v) is 5.05. The Morgan fingerprint density at radius 2 is 1.95 bits per heavy atom. The molecule has 0 aliphatic heterocycles. The maximum absolute atomic E-state index is 13.0. The van der Waals surface area contributed by atoms with Gasteiger partial charge in [0.25, 0.3) is 0 Å². The van der Waals surface area contributed by atoms with Crippen molar-refractivity contribution in [2.24, 2.45) is 0 Å². The zero-order valence-electron chi connectivity index (χ0n) is 11.2. The van der Waals surface area contributed by atoms with E-state index in [1.54, 1.807) is 24.3 Å². The van der Waals surface area contributed by atoms with Gasteiger partial charge in [-0.3, -0.25) is 4.79 Å². The molecule has 0 aliphatic carbocycles. The lowest BCUT2D eigenvalue weighted by Gasteiger charge is -2.11. The third-order valence-corrected chi connectivity index (χ3v) is 2.96. The number of benzene rings is 2. The minimum absolute atomic E-state index is 0.0229. The van der Waals surface area contributed by atoms with Crippen molar-refractivity contribution in [1.29, 1.82) is 0 Å². The Bertz CT molecular complexity index is 638. The van der Waals surface area contributed by atoms with Crippen LogP contribution >= 0.6 is 11.6 Å². The van der Waals surface area contributed by atoms with Gasteiger partial charge < -0.3 is 4.74 Å². The first-order valence-corrected chi connectivity index (χ1v) is 6.61. The number of ether oxygens (including phenoxy) is 1. The summed E-state index contributed by atoms with van der Waals surface area (Å²) in [5.41, 5.74) is 0.728. The van der Waals surface area contributed by atoms with Crippen molar-refractivity contribution in [3.8, 4) is 5.75 Å². The highest BCUT2D eigenvalue weighted by atomic mass is 35.5. The minimum Gasteiger partial charge on any atom is -0.491 e. The summed E-state index contributed by atoms with van der Waals surface area (Å²) in [4.78, 5) is 12.4. The Balaban J connectivity index is 2.33. The summed E-state index contributed by atoms with van der Waals surface area (Å²) in [7, 11) is 0.